The Balaban J connectivity index is 2.09. The number of carbonyl (C=O) groups excluding carboxylic acids is 1. The predicted molar refractivity (Wildman–Crippen MR) is 87.0 cm³/mol. The van der Waals surface area contributed by atoms with Gasteiger partial charge in [-0.3, -0.25) is 4.79 Å². The quantitative estimate of drug-likeness (QED) is 0.920. The Bertz CT molecular complexity index is 626. The van der Waals surface area contributed by atoms with Gasteiger partial charge in [0.1, 0.15) is 5.69 Å². The van der Waals surface area contributed by atoms with Crippen LogP contribution in [0.5, 0.6) is 0 Å². The summed E-state index contributed by atoms with van der Waals surface area (Å²) in [5.41, 5.74) is 2.24. The van der Waals surface area contributed by atoms with Gasteiger partial charge in [0.25, 0.3) is 5.91 Å². The molecule has 116 valence electrons. The van der Waals surface area contributed by atoms with E-state index in [2.05, 4.69) is 4.98 Å². The number of likely N-dealkylation sites (N-methyl/N-ethyl adjacent to an activating group) is 1. The molecule has 0 fully saturated rings. The number of carbonyl (C=O) groups is 1. The molecule has 1 atom stereocenters. The Morgan fingerprint density at radius 1 is 1.27 bits per heavy atom. The minimum atomic E-state index is -0.725. The van der Waals surface area contributed by atoms with E-state index in [1.807, 2.05) is 38.1 Å². The second-order valence-electron chi connectivity index (χ2n) is 5.13. The van der Waals surface area contributed by atoms with Crippen molar-refractivity contribution in [1.82, 2.24) is 9.88 Å². The molecule has 1 aromatic carbocycles. The summed E-state index contributed by atoms with van der Waals surface area (Å²) in [5.74, 6) is -0.217. The molecule has 5 heteroatoms. The molecule has 0 aliphatic heterocycles. The number of aliphatic hydroxyl groups excluding tert-OH is 1. The van der Waals surface area contributed by atoms with E-state index in [1.54, 1.807) is 17.0 Å². The molecular weight excluding hydrogens is 300 g/mol. The molecule has 1 aromatic heterocycles. The van der Waals surface area contributed by atoms with Crippen LogP contribution in [0.4, 0.5) is 0 Å². The molecule has 0 spiro atoms. The molecule has 0 saturated carbocycles. The standard InChI is InChI=1S/C17H19ClN2O2/c1-3-20(17(22)15-9-8-14(18)10-19-15)11-16(21)13-6-4-12(2)5-7-13/h4-10,16,21H,3,11H2,1-2H3. The lowest BCUT2D eigenvalue weighted by Crippen LogP contribution is -2.35. The summed E-state index contributed by atoms with van der Waals surface area (Å²) in [6.07, 6.45) is 0.718. The van der Waals surface area contributed by atoms with E-state index in [4.69, 9.17) is 11.6 Å². The molecule has 0 aliphatic rings. The van der Waals surface area contributed by atoms with Crippen LogP contribution >= 0.6 is 11.6 Å². The summed E-state index contributed by atoms with van der Waals surface area (Å²) in [4.78, 5) is 18.0. The van der Waals surface area contributed by atoms with Crippen molar-refractivity contribution in [2.45, 2.75) is 20.0 Å². The first-order chi connectivity index (χ1) is 10.5. The van der Waals surface area contributed by atoms with Gasteiger partial charge in [0.15, 0.2) is 0 Å². The number of hydrogen-bond donors (Lipinski definition) is 1. The number of aliphatic hydroxyl groups is 1. The maximum atomic E-state index is 12.4. The van der Waals surface area contributed by atoms with Crippen molar-refractivity contribution >= 4 is 17.5 Å². The number of halogens is 1. The number of amides is 1. The van der Waals surface area contributed by atoms with Gasteiger partial charge in [-0.05, 0) is 31.5 Å². The van der Waals surface area contributed by atoms with E-state index in [9.17, 15) is 9.90 Å². The maximum Gasteiger partial charge on any atom is 0.272 e. The van der Waals surface area contributed by atoms with Gasteiger partial charge in [-0.15, -0.1) is 0 Å². The third-order valence-electron chi connectivity index (χ3n) is 3.47. The summed E-state index contributed by atoms with van der Waals surface area (Å²) >= 11 is 5.78. The molecule has 2 aromatic rings. The second-order valence-corrected chi connectivity index (χ2v) is 5.57. The van der Waals surface area contributed by atoms with Crippen LogP contribution in [0.15, 0.2) is 42.6 Å². The van der Waals surface area contributed by atoms with Crippen LogP contribution in [0.1, 0.15) is 34.6 Å². The molecule has 1 N–H and O–H groups in total. The van der Waals surface area contributed by atoms with Gasteiger partial charge >= 0.3 is 0 Å². The van der Waals surface area contributed by atoms with Gasteiger partial charge in [-0.2, -0.15) is 0 Å². The fourth-order valence-electron chi connectivity index (χ4n) is 2.12. The highest BCUT2D eigenvalue weighted by atomic mass is 35.5. The van der Waals surface area contributed by atoms with Gasteiger partial charge < -0.3 is 10.0 Å². The number of rotatable bonds is 5. The fraction of sp³-hybridized carbons (Fsp3) is 0.294. The van der Waals surface area contributed by atoms with Crippen LogP contribution in [-0.4, -0.2) is 34.0 Å². The molecule has 2 rings (SSSR count). The number of aromatic nitrogens is 1. The first-order valence-electron chi connectivity index (χ1n) is 7.16. The fourth-order valence-corrected chi connectivity index (χ4v) is 2.23. The molecule has 0 radical (unpaired) electrons. The van der Waals surface area contributed by atoms with Crippen LogP contribution in [-0.2, 0) is 0 Å². The van der Waals surface area contributed by atoms with E-state index in [0.717, 1.165) is 11.1 Å². The predicted octanol–water partition coefficient (Wildman–Crippen LogP) is 3.24. The van der Waals surface area contributed by atoms with Crippen LogP contribution < -0.4 is 0 Å². The summed E-state index contributed by atoms with van der Waals surface area (Å²) in [6, 6.07) is 10.9. The Labute approximate surface area is 135 Å². The maximum absolute atomic E-state index is 12.4. The van der Waals surface area contributed by atoms with Gasteiger partial charge in [0.2, 0.25) is 0 Å². The Kier molecular flexibility index (Phi) is 5.52. The van der Waals surface area contributed by atoms with E-state index in [1.165, 1.54) is 6.20 Å². The van der Waals surface area contributed by atoms with Crippen LogP contribution in [0.3, 0.4) is 0 Å². The minimum absolute atomic E-state index is 0.217. The highest BCUT2D eigenvalue weighted by Crippen LogP contribution is 2.16. The van der Waals surface area contributed by atoms with Crippen LogP contribution in [0, 0.1) is 6.92 Å². The smallest absolute Gasteiger partial charge is 0.272 e. The van der Waals surface area contributed by atoms with Crippen molar-refractivity contribution < 1.29 is 9.90 Å². The molecule has 0 bridgehead atoms. The van der Waals surface area contributed by atoms with Crippen molar-refractivity contribution in [3.05, 3.63) is 64.4 Å². The lowest BCUT2D eigenvalue weighted by molar-refractivity contribution is 0.0629. The summed E-state index contributed by atoms with van der Waals surface area (Å²) in [6.45, 7) is 4.58. The third kappa shape index (κ3) is 4.06. The second kappa shape index (κ2) is 7.38. The van der Waals surface area contributed by atoms with E-state index in [0.29, 0.717) is 17.3 Å². The monoisotopic (exact) mass is 318 g/mol. The zero-order chi connectivity index (χ0) is 16.1. The lowest BCUT2D eigenvalue weighted by atomic mass is 10.1. The topological polar surface area (TPSA) is 53.4 Å². The van der Waals surface area contributed by atoms with Gasteiger partial charge in [0.05, 0.1) is 17.7 Å². The molecule has 0 aliphatic carbocycles. The Morgan fingerprint density at radius 3 is 2.50 bits per heavy atom. The van der Waals surface area contributed by atoms with E-state index < -0.39 is 6.10 Å². The van der Waals surface area contributed by atoms with Crippen molar-refractivity contribution in [2.24, 2.45) is 0 Å². The zero-order valence-electron chi connectivity index (χ0n) is 12.7. The van der Waals surface area contributed by atoms with E-state index in [-0.39, 0.29) is 12.5 Å². The molecule has 22 heavy (non-hydrogen) atoms. The minimum Gasteiger partial charge on any atom is -0.387 e. The number of nitrogens with zero attached hydrogens (tertiary/aromatic N) is 2. The summed E-state index contributed by atoms with van der Waals surface area (Å²) < 4.78 is 0. The molecule has 1 unspecified atom stereocenters. The SMILES string of the molecule is CCN(CC(O)c1ccc(C)cc1)C(=O)c1ccc(Cl)cn1. The van der Waals surface area contributed by atoms with Gasteiger partial charge in [0, 0.05) is 12.7 Å². The van der Waals surface area contributed by atoms with Gasteiger partial charge in [-0.1, -0.05) is 41.4 Å². The first-order valence-corrected chi connectivity index (χ1v) is 7.54. The van der Waals surface area contributed by atoms with Crippen molar-refractivity contribution in [1.29, 1.82) is 0 Å². The lowest BCUT2D eigenvalue weighted by Gasteiger charge is -2.24. The van der Waals surface area contributed by atoms with Crippen molar-refractivity contribution in [2.75, 3.05) is 13.1 Å². The average molecular weight is 319 g/mol. The van der Waals surface area contributed by atoms with Crippen LogP contribution in [0.2, 0.25) is 5.02 Å². The molecular formula is C17H19ClN2O2. The van der Waals surface area contributed by atoms with Crippen LogP contribution in [0.25, 0.3) is 0 Å². The summed E-state index contributed by atoms with van der Waals surface area (Å²) in [7, 11) is 0. The van der Waals surface area contributed by atoms with Crippen molar-refractivity contribution in [3.8, 4) is 0 Å². The highest BCUT2D eigenvalue weighted by Gasteiger charge is 2.19. The zero-order valence-corrected chi connectivity index (χ0v) is 13.4. The molecule has 1 heterocycles. The largest absolute Gasteiger partial charge is 0.387 e. The van der Waals surface area contributed by atoms with Gasteiger partial charge in [-0.25, -0.2) is 4.98 Å². The highest BCUT2D eigenvalue weighted by molar-refractivity contribution is 6.30. The first kappa shape index (κ1) is 16.5. The number of benzene rings is 1. The molecule has 0 saturated heterocycles. The number of pyridine rings is 1. The summed E-state index contributed by atoms with van der Waals surface area (Å²) in [5, 5.41) is 10.8. The number of aryl methyl sites for hydroxylation is 1. The van der Waals surface area contributed by atoms with E-state index >= 15 is 0 Å². The normalized spacial score (nSPS) is 12.0. The Hall–Kier alpha value is -1.91. The molecule has 4 nitrogen and oxygen atoms in total. The Morgan fingerprint density at radius 2 is 1.95 bits per heavy atom. The average Bonchev–Trinajstić information content (AvgIpc) is 2.53. The number of hydrogen-bond acceptors (Lipinski definition) is 3. The van der Waals surface area contributed by atoms with Crippen molar-refractivity contribution in [3.63, 3.8) is 0 Å². The molecule has 1 amide bonds. The third-order valence-corrected chi connectivity index (χ3v) is 3.69.